The van der Waals surface area contributed by atoms with Gasteiger partial charge in [0.1, 0.15) is 0 Å². The molecule has 0 aliphatic rings. The van der Waals surface area contributed by atoms with Gasteiger partial charge in [0.05, 0.1) is 6.10 Å². The Hall–Kier alpha value is -0.860. The fraction of sp³-hybridized carbons (Fsp3) is 0.625. The van der Waals surface area contributed by atoms with E-state index in [0.717, 1.165) is 6.42 Å². The molecule has 0 saturated heterocycles. The molecule has 0 heterocycles. The predicted octanol–water partition coefficient (Wildman–Crippen LogP) is 4.06. The van der Waals surface area contributed by atoms with Gasteiger partial charge in [0.15, 0.2) is 0 Å². The van der Waals surface area contributed by atoms with Crippen LogP contribution in [0.3, 0.4) is 0 Å². The van der Waals surface area contributed by atoms with E-state index in [1.165, 1.54) is 31.2 Å². The molecule has 0 amide bonds. The highest BCUT2D eigenvalue weighted by molar-refractivity contribution is 5.19. The van der Waals surface area contributed by atoms with E-state index in [-0.39, 0.29) is 12.1 Å². The van der Waals surface area contributed by atoms with Crippen molar-refractivity contribution in [1.82, 2.24) is 0 Å². The van der Waals surface area contributed by atoms with Crippen molar-refractivity contribution in [3.8, 4) is 0 Å². The lowest BCUT2D eigenvalue weighted by atomic mass is 9.97. The summed E-state index contributed by atoms with van der Waals surface area (Å²) in [6, 6.07) is 10.4. The quantitative estimate of drug-likeness (QED) is 0.670. The molecular formula is C16H27NO. The predicted molar refractivity (Wildman–Crippen MR) is 77.5 cm³/mol. The summed E-state index contributed by atoms with van der Waals surface area (Å²) in [5.41, 5.74) is 7.49. The minimum Gasteiger partial charge on any atom is -0.372 e. The van der Waals surface area contributed by atoms with Crippen molar-refractivity contribution in [3.63, 3.8) is 0 Å². The lowest BCUT2D eigenvalue weighted by molar-refractivity contribution is 0.0406. The third kappa shape index (κ3) is 5.19. The van der Waals surface area contributed by atoms with Crippen molar-refractivity contribution in [2.24, 2.45) is 5.73 Å². The molecule has 0 bridgehead atoms. The maximum absolute atomic E-state index is 6.29. The van der Waals surface area contributed by atoms with Crippen molar-refractivity contribution >= 4 is 0 Å². The summed E-state index contributed by atoms with van der Waals surface area (Å²) in [4.78, 5) is 0. The smallest absolute Gasteiger partial charge is 0.0975 e. The van der Waals surface area contributed by atoms with Crippen LogP contribution in [0.1, 0.15) is 57.6 Å². The van der Waals surface area contributed by atoms with Crippen LogP contribution >= 0.6 is 0 Å². The number of nitrogens with two attached hydrogens (primary N) is 1. The molecular weight excluding hydrogens is 222 g/mol. The maximum Gasteiger partial charge on any atom is 0.0975 e. The standard InChI is InChI=1S/C16H27NO/c1-3-5-6-10-13-15(17)16(18-4-2)14-11-8-7-9-12-14/h7-9,11-12,15-16H,3-6,10,13,17H2,1-2H3. The van der Waals surface area contributed by atoms with Gasteiger partial charge < -0.3 is 10.5 Å². The second kappa shape index (κ2) is 9.12. The number of rotatable bonds is 9. The summed E-state index contributed by atoms with van der Waals surface area (Å²) in [5, 5.41) is 0. The molecule has 0 aliphatic heterocycles. The van der Waals surface area contributed by atoms with E-state index in [1.54, 1.807) is 0 Å². The van der Waals surface area contributed by atoms with E-state index in [9.17, 15) is 0 Å². The molecule has 2 nitrogen and oxygen atoms in total. The second-order valence-electron chi connectivity index (χ2n) is 4.80. The average molecular weight is 249 g/mol. The average Bonchev–Trinajstić information content (AvgIpc) is 2.41. The summed E-state index contributed by atoms with van der Waals surface area (Å²) in [5.74, 6) is 0. The van der Waals surface area contributed by atoms with Crippen molar-refractivity contribution in [2.45, 2.75) is 58.1 Å². The fourth-order valence-corrected chi connectivity index (χ4v) is 2.25. The van der Waals surface area contributed by atoms with Gasteiger partial charge in [-0.25, -0.2) is 0 Å². The first kappa shape index (κ1) is 15.2. The summed E-state index contributed by atoms with van der Waals surface area (Å²) in [6.07, 6.45) is 6.13. The fourth-order valence-electron chi connectivity index (χ4n) is 2.25. The van der Waals surface area contributed by atoms with Crippen molar-refractivity contribution < 1.29 is 4.74 Å². The zero-order valence-electron chi connectivity index (χ0n) is 11.8. The highest BCUT2D eigenvalue weighted by atomic mass is 16.5. The Labute approximate surface area is 112 Å². The molecule has 0 fully saturated rings. The van der Waals surface area contributed by atoms with Crippen LogP contribution in [0.4, 0.5) is 0 Å². The zero-order valence-corrected chi connectivity index (χ0v) is 11.8. The van der Waals surface area contributed by atoms with Gasteiger partial charge in [-0.15, -0.1) is 0 Å². The summed E-state index contributed by atoms with van der Waals surface area (Å²) in [7, 11) is 0. The van der Waals surface area contributed by atoms with Crippen LogP contribution in [-0.4, -0.2) is 12.6 Å². The van der Waals surface area contributed by atoms with Gasteiger partial charge in [0.2, 0.25) is 0 Å². The Morgan fingerprint density at radius 2 is 1.78 bits per heavy atom. The molecule has 0 spiro atoms. The number of ether oxygens (including phenoxy) is 1. The van der Waals surface area contributed by atoms with Crippen LogP contribution in [0, 0.1) is 0 Å². The number of benzene rings is 1. The Morgan fingerprint density at radius 3 is 2.39 bits per heavy atom. The molecule has 0 radical (unpaired) electrons. The van der Waals surface area contributed by atoms with Crippen molar-refractivity contribution in [2.75, 3.05) is 6.61 Å². The molecule has 2 unspecified atom stereocenters. The molecule has 2 heteroatoms. The van der Waals surface area contributed by atoms with E-state index < -0.39 is 0 Å². The Bertz CT molecular complexity index is 299. The molecule has 102 valence electrons. The van der Waals surface area contributed by atoms with E-state index in [0.29, 0.717) is 6.61 Å². The number of hydrogen-bond acceptors (Lipinski definition) is 2. The minimum absolute atomic E-state index is 0.0397. The lowest BCUT2D eigenvalue weighted by Gasteiger charge is -2.24. The molecule has 2 N–H and O–H groups in total. The third-order valence-corrected chi connectivity index (χ3v) is 3.25. The first-order valence-electron chi connectivity index (χ1n) is 7.21. The SMILES string of the molecule is CCCCCCC(N)C(OCC)c1ccccc1. The molecule has 0 aromatic heterocycles. The van der Waals surface area contributed by atoms with Crippen molar-refractivity contribution in [3.05, 3.63) is 35.9 Å². The second-order valence-corrected chi connectivity index (χ2v) is 4.80. The maximum atomic E-state index is 6.29. The van der Waals surface area contributed by atoms with Crippen molar-refractivity contribution in [1.29, 1.82) is 0 Å². The summed E-state index contributed by atoms with van der Waals surface area (Å²) in [6.45, 7) is 4.97. The van der Waals surface area contributed by atoms with Gasteiger partial charge in [0.25, 0.3) is 0 Å². The van der Waals surface area contributed by atoms with Crippen LogP contribution in [0.2, 0.25) is 0 Å². The van der Waals surface area contributed by atoms with Crippen LogP contribution < -0.4 is 5.73 Å². The largest absolute Gasteiger partial charge is 0.372 e. The normalized spacial score (nSPS) is 14.4. The van der Waals surface area contributed by atoms with Crippen LogP contribution in [-0.2, 0) is 4.74 Å². The van der Waals surface area contributed by atoms with Crippen LogP contribution in [0.5, 0.6) is 0 Å². The first-order chi connectivity index (χ1) is 8.79. The van der Waals surface area contributed by atoms with Gasteiger partial charge in [-0.2, -0.15) is 0 Å². The minimum atomic E-state index is 0.0397. The van der Waals surface area contributed by atoms with Gasteiger partial charge in [0, 0.05) is 12.6 Å². The third-order valence-electron chi connectivity index (χ3n) is 3.25. The lowest BCUT2D eigenvalue weighted by Crippen LogP contribution is -2.30. The van der Waals surface area contributed by atoms with Gasteiger partial charge in [-0.05, 0) is 18.9 Å². The van der Waals surface area contributed by atoms with E-state index in [1.807, 2.05) is 25.1 Å². The van der Waals surface area contributed by atoms with Crippen LogP contribution in [0.25, 0.3) is 0 Å². The monoisotopic (exact) mass is 249 g/mol. The van der Waals surface area contributed by atoms with Gasteiger partial charge >= 0.3 is 0 Å². The first-order valence-corrected chi connectivity index (χ1v) is 7.21. The molecule has 1 aromatic carbocycles. The summed E-state index contributed by atoms with van der Waals surface area (Å²) < 4.78 is 5.82. The Morgan fingerprint density at radius 1 is 1.06 bits per heavy atom. The molecule has 2 atom stereocenters. The topological polar surface area (TPSA) is 35.2 Å². The highest BCUT2D eigenvalue weighted by Gasteiger charge is 2.19. The van der Waals surface area contributed by atoms with E-state index >= 15 is 0 Å². The number of hydrogen-bond donors (Lipinski definition) is 1. The highest BCUT2D eigenvalue weighted by Crippen LogP contribution is 2.23. The van der Waals surface area contributed by atoms with Gasteiger partial charge in [-0.1, -0.05) is 62.9 Å². The Balaban J connectivity index is 2.50. The Kier molecular flexibility index (Phi) is 7.70. The molecule has 1 aromatic rings. The molecule has 18 heavy (non-hydrogen) atoms. The van der Waals surface area contributed by atoms with E-state index in [4.69, 9.17) is 10.5 Å². The van der Waals surface area contributed by atoms with Crippen LogP contribution in [0.15, 0.2) is 30.3 Å². The number of unbranched alkanes of at least 4 members (excludes halogenated alkanes) is 3. The van der Waals surface area contributed by atoms with Gasteiger partial charge in [-0.3, -0.25) is 0 Å². The molecule has 1 rings (SSSR count). The molecule has 0 saturated carbocycles. The molecule has 0 aliphatic carbocycles. The van der Waals surface area contributed by atoms with E-state index in [2.05, 4.69) is 19.1 Å². The zero-order chi connectivity index (χ0) is 13.2. The summed E-state index contributed by atoms with van der Waals surface area (Å²) >= 11 is 0.